The maximum Gasteiger partial charge on any atom is 0.407 e. The van der Waals surface area contributed by atoms with Crippen molar-refractivity contribution in [1.29, 1.82) is 0 Å². The van der Waals surface area contributed by atoms with E-state index in [1.807, 2.05) is 42.6 Å². The number of aliphatic hydroxyl groups excluding tert-OH is 1. The summed E-state index contributed by atoms with van der Waals surface area (Å²) < 4.78 is 7.38. The van der Waals surface area contributed by atoms with Gasteiger partial charge < -0.3 is 15.2 Å². The zero-order chi connectivity index (χ0) is 21.0. The second kappa shape index (κ2) is 8.83. The number of nitrogens with one attached hydrogen (secondary N) is 1. The number of aromatic nitrogens is 3. The first-order valence-electron chi connectivity index (χ1n) is 10.5. The van der Waals surface area contributed by atoms with Crippen LogP contribution < -0.4 is 5.32 Å². The van der Waals surface area contributed by atoms with E-state index in [1.165, 1.54) is 0 Å². The van der Waals surface area contributed by atoms with Crippen molar-refractivity contribution >= 4 is 11.7 Å². The number of nitrogens with zero attached hydrogens (tertiary/aromatic N) is 3. The van der Waals surface area contributed by atoms with Crippen LogP contribution in [0.5, 0.6) is 0 Å². The number of alkyl carbamates (subject to hydrolysis) is 1. The lowest BCUT2D eigenvalue weighted by molar-refractivity contribution is 0.0889. The predicted octanol–water partition coefficient (Wildman–Crippen LogP) is 3.60. The predicted molar refractivity (Wildman–Crippen MR) is 113 cm³/mol. The smallest absolute Gasteiger partial charge is 0.407 e. The Morgan fingerprint density at radius 1 is 1.23 bits per heavy atom. The van der Waals surface area contributed by atoms with Crippen molar-refractivity contribution in [3.63, 3.8) is 0 Å². The van der Waals surface area contributed by atoms with Crippen LogP contribution in [-0.2, 0) is 23.3 Å². The Morgan fingerprint density at radius 3 is 2.73 bits per heavy atom. The van der Waals surface area contributed by atoms with Gasteiger partial charge in [0, 0.05) is 12.0 Å². The molecule has 0 saturated heterocycles. The molecule has 2 heterocycles. The lowest BCUT2D eigenvalue weighted by atomic mass is 9.69. The normalized spacial score (nSPS) is 21.5. The number of aliphatic hydroxyl groups is 1. The molecule has 0 aliphatic heterocycles. The van der Waals surface area contributed by atoms with Crippen LogP contribution in [-0.4, -0.2) is 32.4 Å². The van der Waals surface area contributed by atoms with E-state index in [0.29, 0.717) is 18.2 Å². The summed E-state index contributed by atoms with van der Waals surface area (Å²) in [5.74, 6) is 0.654. The molecule has 158 valence electrons. The Labute approximate surface area is 176 Å². The van der Waals surface area contributed by atoms with Crippen molar-refractivity contribution in [3.05, 3.63) is 65.6 Å². The number of carbonyl (C=O) groups is 1. The first-order valence-corrected chi connectivity index (χ1v) is 10.5. The van der Waals surface area contributed by atoms with Gasteiger partial charge in [-0.05, 0) is 49.3 Å². The molecule has 0 radical (unpaired) electrons. The van der Waals surface area contributed by atoms with E-state index in [1.54, 1.807) is 10.6 Å². The van der Waals surface area contributed by atoms with Crippen LogP contribution in [0.15, 0.2) is 48.7 Å². The van der Waals surface area contributed by atoms with Crippen LogP contribution in [0.25, 0.3) is 5.65 Å². The fraction of sp³-hybridized carbons (Fsp3) is 0.435. The number of fused-ring (bicyclic) bond motifs is 1. The molecule has 1 fully saturated rings. The van der Waals surface area contributed by atoms with Gasteiger partial charge in [-0.1, -0.05) is 37.3 Å². The number of imidazole rings is 1. The van der Waals surface area contributed by atoms with E-state index in [9.17, 15) is 9.90 Å². The van der Waals surface area contributed by atoms with Crippen molar-refractivity contribution in [3.8, 4) is 0 Å². The number of rotatable bonds is 6. The number of hydrogen-bond acceptors (Lipinski definition) is 5. The van der Waals surface area contributed by atoms with Gasteiger partial charge in [-0.3, -0.25) is 0 Å². The van der Waals surface area contributed by atoms with Gasteiger partial charge >= 0.3 is 6.09 Å². The van der Waals surface area contributed by atoms with Gasteiger partial charge in [-0.15, -0.1) is 0 Å². The van der Waals surface area contributed by atoms with E-state index in [-0.39, 0.29) is 18.6 Å². The van der Waals surface area contributed by atoms with Crippen molar-refractivity contribution in [1.82, 2.24) is 19.9 Å². The number of ether oxygens (including phenoxy) is 1. The van der Waals surface area contributed by atoms with Gasteiger partial charge in [0.15, 0.2) is 5.65 Å². The summed E-state index contributed by atoms with van der Waals surface area (Å²) in [7, 11) is 0. The molecule has 1 aliphatic carbocycles. The average Bonchev–Trinajstić information content (AvgIpc) is 3.22. The highest BCUT2D eigenvalue weighted by Gasteiger charge is 2.39. The average molecular weight is 409 g/mol. The van der Waals surface area contributed by atoms with E-state index in [2.05, 4.69) is 17.3 Å². The Bertz CT molecular complexity index is 994. The second-order valence-electron chi connectivity index (χ2n) is 8.29. The summed E-state index contributed by atoms with van der Waals surface area (Å²) in [6.45, 7) is 2.87. The SMILES string of the molecule is CC1CCC(COC(=O)NCc2ccccc2)(c2cn3nc(CO)ccc3n2)CC1. The van der Waals surface area contributed by atoms with Gasteiger partial charge in [0.05, 0.1) is 24.2 Å². The van der Waals surface area contributed by atoms with E-state index in [0.717, 1.165) is 42.6 Å². The van der Waals surface area contributed by atoms with E-state index in [4.69, 9.17) is 9.72 Å². The number of amides is 1. The standard InChI is InChI=1S/C23H28N4O3/c1-17-9-11-23(12-10-17,16-30-22(29)24-13-18-5-3-2-4-6-18)20-14-27-21(25-20)8-7-19(15-28)26-27/h2-8,14,17,28H,9-13,15-16H2,1H3,(H,24,29). The van der Waals surface area contributed by atoms with E-state index < -0.39 is 6.09 Å². The second-order valence-corrected chi connectivity index (χ2v) is 8.29. The molecule has 1 amide bonds. The molecule has 7 heteroatoms. The van der Waals surface area contributed by atoms with Gasteiger partial charge in [-0.25, -0.2) is 14.3 Å². The van der Waals surface area contributed by atoms with Gasteiger partial charge in [0.25, 0.3) is 0 Å². The molecule has 30 heavy (non-hydrogen) atoms. The van der Waals surface area contributed by atoms with Crippen LogP contribution in [0.2, 0.25) is 0 Å². The Hall–Kier alpha value is -2.93. The Kier molecular flexibility index (Phi) is 5.99. The first kappa shape index (κ1) is 20.3. The highest BCUT2D eigenvalue weighted by Crippen LogP contribution is 2.41. The van der Waals surface area contributed by atoms with Crippen LogP contribution in [0.4, 0.5) is 4.79 Å². The minimum absolute atomic E-state index is 0.114. The van der Waals surface area contributed by atoms with Crippen molar-refractivity contribution < 1.29 is 14.6 Å². The number of hydrogen-bond donors (Lipinski definition) is 2. The maximum atomic E-state index is 12.4. The monoisotopic (exact) mass is 408 g/mol. The minimum Gasteiger partial charge on any atom is -0.449 e. The summed E-state index contributed by atoms with van der Waals surface area (Å²) >= 11 is 0. The Balaban J connectivity index is 1.49. The quantitative estimate of drug-likeness (QED) is 0.651. The highest BCUT2D eigenvalue weighted by atomic mass is 16.5. The molecule has 0 bridgehead atoms. The third-order valence-corrected chi connectivity index (χ3v) is 6.07. The number of benzene rings is 1. The molecular formula is C23H28N4O3. The fourth-order valence-electron chi connectivity index (χ4n) is 4.08. The van der Waals surface area contributed by atoms with E-state index >= 15 is 0 Å². The first-order chi connectivity index (χ1) is 14.6. The number of carbonyl (C=O) groups excluding carboxylic acids is 1. The molecule has 0 unspecified atom stereocenters. The molecule has 7 nitrogen and oxygen atoms in total. The summed E-state index contributed by atoms with van der Waals surface area (Å²) in [6, 6.07) is 13.4. The van der Waals surface area contributed by atoms with Gasteiger partial charge in [0.2, 0.25) is 0 Å². The van der Waals surface area contributed by atoms with Crippen LogP contribution in [0, 0.1) is 5.92 Å². The fourth-order valence-corrected chi connectivity index (χ4v) is 4.08. The molecular weight excluding hydrogens is 380 g/mol. The van der Waals surface area contributed by atoms with Gasteiger partial charge in [-0.2, -0.15) is 5.10 Å². The third-order valence-electron chi connectivity index (χ3n) is 6.07. The van der Waals surface area contributed by atoms with Crippen LogP contribution in [0.3, 0.4) is 0 Å². The largest absolute Gasteiger partial charge is 0.449 e. The van der Waals surface area contributed by atoms with Crippen LogP contribution in [0.1, 0.15) is 49.6 Å². The minimum atomic E-state index is -0.415. The molecule has 0 spiro atoms. The molecule has 1 aromatic carbocycles. The molecule has 1 aliphatic rings. The highest BCUT2D eigenvalue weighted by molar-refractivity contribution is 5.67. The topological polar surface area (TPSA) is 88.8 Å². The lowest BCUT2D eigenvalue weighted by Gasteiger charge is -2.37. The molecule has 2 N–H and O–H groups in total. The van der Waals surface area contributed by atoms with Crippen molar-refractivity contribution in [2.75, 3.05) is 6.61 Å². The summed E-state index contributed by atoms with van der Waals surface area (Å²) in [5, 5.41) is 16.6. The molecule has 4 rings (SSSR count). The summed E-state index contributed by atoms with van der Waals surface area (Å²) in [4.78, 5) is 17.1. The van der Waals surface area contributed by atoms with Crippen LogP contribution >= 0.6 is 0 Å². The zero-order valence-electron chi connectivity index (χ0n) is 17.3. The third kappa shape index (κ3) is 4.46. The van der Waals surface area contributed by atoms with Crippen molar-refractivity contribution in [2.24, 2.45) is 5.92 Å². The Morgan fingerprint density at radius 2 is 2.00 bits per heavy atom. The molecule has 0 atom stereocenters. The summed E-state index contributed by atoms with van der Waals surface area (Å²) in [5.41, 5.74) is 2.93. The molecule has 3 aromatic rings. The zero-order valence-corrected chi connectivity index (χ0v) is 17.3. The molecule has 1 saturated carbocycles. The van der Waals surface area contributed by atoms with Gasteiger partial charge in [0.1, 0.15) is 6.61 Å². The molecule has 2 aromatic heterocycles. The lowest BCUT2D eigenvalue weighted by Crippen LogP contribution is -2.39. The maximum absolute atomic E-state index is 12.4. The summed E-state index contributed by atoms with van der Waals surface area (Å²) in [6.07, 6.45) is 5.46. The van der Waals surface area contributed by atoms with Crippen molar-refractivity contribution in [2.45, 2.75) is 51.2 Å².